The normalized spacial score (nSPS) is 11.5. The number of phenols is 1. The molecule has 0 amide bonds. The summed E-state index contributed by atoms with van der Waals surface area (Å²) in [5.41, 5.74) is -0.665. The minimum Gasteiger partial charge on any atom is -0.507 e. The number of rotatable bonds is 1. The fraction of sp³-hybridized carbons (Fsp3) is 0.0769. The summed E-state index contributed by atoms with van der Waals surface area (Å²) in [6.45, 7) is 0. The Hall–Kier alpha value is -1.97. The maximum atomic E-state index is 12.8. The first-order valence-electron chi connectivity index (χ1n) is 4.95. The lowest BCUT2D eigenvalue weighted by molar-refractivity contribution is -0.137. The third kappa shape index (κ3) is 2.25. The molecule has 2 aromatic rings. The second-order valence-electron chi connectivity index (χ2n) is 3.56. The van der Waals surface area contributed by atoms with E-state index in [4.69, 9.17) is 0 Å². The summed E-state index contributed by atoms with van der Waals surface area (Å²) in [6.07, 6.45) is -4.48. The third-order valence-electron chi connectivity index (χ3n) is 2.41. The maximum Gasteiger partial charge on any atom is 0.417 e. The van der Waals surface area contributed by atoms with Crippen molar-refractivity contribution in [2.24, 2.45) is 0 Å². The van der Waals surface area contributed by atoms with E-state index in [9.17, 15) is 18.3 Å². The summed E-state index contributed by atoms with van der Waals surface area (Å²) in [5, 5.41) is 9.61. The monoisotopic (exact) mass is 238 g/mol. The minimum atomic E-state index is -4.48. The number of phenolic OH excluding ortho intramolecular Hbond substituents is 1. The Morgan fingerprint density at radius 1 is 0.824 bits per heavy atom. The van der Waals surface area contributed by atoms with Gasteiger partial charge in [-0.25, -0.2) is 0 Å². The van der Waals surface area contributed by atoms with Crippen LogP contribution < -0.4 is 0 Å². The Labute approximate surface area is 96.1 Å². The van der Waals surface area contributed by atoms with E-state index < -0.39 is 11.7 Å². The van der Waals surface area contributed by atoms with Crippen LogP contribution in [0.15, 0.2) is 48.5 Å². The Bertz CT molecular complexity index is 518. The molecule has 2 aromatic carbocycles. The molecule has 88 valence electrons. The summed E-state index contributed by atoms with van der Waals surface area (Å²) < 4.78 is 38.4. The molecule has 0 spiro atoms. The zero-order valence-corrected chi connectivity index (χ0v) is 8.70. The van der Waals surface area contributed by atoms with E-state index in [0.717, 1.165) is 6.07 Å². The Balaban J connectivity index is 2.69. The van der Waals surface area contributed by atoms with Gasteiger partial charge in [-0.1, -0.05) is 36.4 Å². The van der Waals surface area contributed by atoms with E-state index in [2.05, 4.69) is 0 Å². The van der Waals surface area contributed by atoms with Crippen LogP contribution in [0.4, 0.5) is 13.2 Å². The van der Waals surface area contributed by atoms with E-state index in [1.165, 1.54) is 24.3 Å². The van der Waals surface area contributed by atoms with Crippen molar-refractivity contribution in [3.05, 3.63) is 54.1 Å². The molecule has 0 unspecified atom stereocenters. The Morgan fingerprint density at radius 2 is 1.47 bits per heavy atom. The highest BCUT2D eigenvalue weighted by atomic mass is 19.4. The van der Waals surface area contributed by atoms with Crippen LogP contribution in [0.2, 0.25) is 0 Å². The second kappa shape index (κ2) is 4.13. The van der Waals surface area contributed by atoms with E-state index in [0.29, 0.717) is 5.56 Å². The van der Waals surface area contributed by atoms with E-state index in [1.807, 2.05) is 0 Å². The lowest BCUT2D eigenvalue weighted by Gasteiger charge is -2.14. The van der Waals surface area contributed by atoms with Crippen LogP contribution in [-0.2, 0) is 6.18 Å². The average Bonchev–Trinajstić information content (AvgIpc) is 2.28. The van der Waals surface area contributed by atoms with E-state index >= 15 is 0 Å². The van der Waals surface area contributed by atoms with Gasteiger partial charge in [-0.15, -0.1) is 0 Å². The van der Waals surface area contributed by atoms with Crippen LogP contribution >= 0.6 is 0 Å². The van der Waals surface area contributed by atoms with Gasteiger partial charge in [-0.2, -0.15) is 13.2 Å². The largest absolute Gasteiger partial charge is 0.507 e. The van der Waals surface area contributed by atoms with Crippen molar-refractivity contribution in [2.75, 3.05) is 0 Å². The molecule has 0 aliphatic heterocycles. The summed E-state index contributed by atoms with van der Waals surface area (Å²) in [4.78, 5) is 0. The highest BCUT2D eigenvalue weighted by molar-refractivity contribution is 5.74. The number of alkyl halides is 3. The highest BCUT2D eigenvalue weighted by Crippen LogP contribution is 2.41. The molecule has 0 atom stereocenters. The van der Waals surface area contributed by atoms with Gasteiger partial charge < -0.3 is 5.11 Å². The minimum absolute atomic E-state index is 0.180. The zero-order chi connectivity index (χ0) is 12.5. The number of benzene rings is 2. The van der Waals surface area contributed by atoms with Crippen molar-refractivity contribution < 1.29 is 18.3 Å². The molecular formula is C13H9F3O. The first-order valence-corrected chi connectivity index (χ1v) is 4.95. The third-order valence-corrected chi connectivity index (χ3v) is 2.41. The first kappa shape index (κ1) is 11.5. The molecule has 0 aliphatic carbocycles. The molecule has 0 bridgehead atoms. The molecule has 1 N–H and O–H groups in total. The maximum absolute atomic E-state index is 12.8. The lowest BCUT2D eigenvalue weighted by Crippen LogP contribution is -2.07. The van der Waals surface area contributed by atoms with Crippen molar-refractivity contribution in [3.63, 3.8) is 0 Å². The zero-order valence-electron chi connectivity index (χ0n) is 8.70. The Morgan fingerprint density at radius 3 is 2.06 bits per heavy atom. The average molecular weight is 238 g/mol. The van der Waals surface area contributed by atoms with Crippen LogP contribution in [0.3, 0.4) is 0 Å². The molecule has 0 saturated carbocycles. The Kier molecular flexibility index (Phi) is 2.79. The van der Waals surface area contributed by atoms with Crippen molar-refractivity contribution in [1.82, 2.24) is 0 Å². The molecule has 2 rings (SSSR count). The quantitative estimate of drug-likeness (QED) is 0.793. The molecule has 0 fully saturated rings. The van der Waals surface area contributed by atoms with Gasteiger partial charge in [0.1, 0.15) is 5.75 Å². The van der Waals surface area contributed by atoms with Crippen LogP contribution in [-0.4, -0.2) is 5.11 Å². The van der Waals surface area contributed by atoms with Crippen LogP contribution in [0.1, 0.15) is 5.56 Å². The van der Waals surface area contributed by atoms with Crippen molar-refractivity contribution >= 4 is 0 Å². The first-order chi connectivity index (χ1) is 8.00. The van der Waals surface area contributed by atoms with Gasteiger partial charge in [0.05, 0.1) is 5.56 Å². The van der Waals surface area contributed by atoms with Crippen LogP contribution in [0, 0.1) is 0 Å². The molecule has 4 heteroatoms. The van der Waals surface area contributed by atoms with Crippen molar-refractivity contribution in [3.8, 4) is 16.9 Å². The number of hydrogen-bond acceptors (Lipinski definition) is 1. The predicted octanol–water partition coefficient (Wildman–Crippen LogP) is 4.08. The van der Waals surface area contributed by atoms with Gasteiger partial charge in [-0.3, -0.25) is 0 Å². The standard InChI is InChI=1S/C13H9F3O/c14-13(15,16)10-7-4-8-11(17)12(10)9-5-2-1-3-6-9/h1-8,17H. The second-order valence-corrected chi connectivity index (χ2v) is 3.56. The molecule has 0 radical (unpaired) electrons. The summed E-state index contributed by atoms with van der Waals surface area (Å²) in [6, 6.07) is 11.4. The van der Waals surface area contributed by atoms with Gasteiger partial charge in [-0.05, 0) is 17.7 Å². The molecule has 0 saturated heterocycles. The number of halogens is 3. The fourth-order valence-corrected chi connectivity index (χ4v) is 1.68. The van der Waals surface area contributed by atoms with Gasteiger partial charge in [0.15, 0.2) is 0 Å². The topological polar surface area (TPSA) is 20.2 Å². The summed E-state index contributed by atoms with van der Waals surface area (Å²) in [5.74, 6) is -0.369. The molecule has 1 nitrogen and oxygen atoms in total. The molecule has 17 heavy (non-hydrogen) atoms. The van der Waals surface area contributed by atoms with Gasteiger partial charge in [0, 0.05) is 5.56 Å². The fourth-order valence-electron chi connectivity index (χ4n) is 1.68. The predicted molar refractivity (Wildman–Crippen MR) is 58.5 cm³/mol. The van der Waals surface area contributed by atoms with Gasteiger partial charge in [0.25, 0.3) is 0 Å². The molecule has 0 aromatic heterocycles. The SMILES string of the molecule is Oc1cccc(C(F)(F)F)c1-c1ccccc1. The number of aromatic hydroxyl groups is 1. The number of hydrogen-bond donors (Lipinski definition) is 1. The van der Waals surface area contributed by atoms with Crippen LogP contribution in [0.5, 0.6) is 5.75 Å². The molecule has 0 aliphatic rings. The van der Waals surface area contributed by atoms with E-state index in [-0.39, 0.29) is 11.3 Å². The van der Waals surface area contributed by atoms with Gasteiger partial charge >= 0.3 is 6.18 Å². The molecular weight excluding hydrogens is 229 g/mol. The van der Waals surface area contributed by atoms with Gasteiger partial charge in [0.2, 0.25) is 0 Å². The van der Waals surface area contributed by atoms with E-state index in [1.54, 1.807) is 18.2 Å². The molecule has 0 heterocycles. The van der Waals surface area contributed by atoms with Crippen LogP contribution in [0.25, 0.3) is 11.1 Å². The van der Waals surface area contributed by atoms with Crippen molar-refractivity contribution in [2.45, 2.75) is 6.18 Å². The van der Waals surface area contributed by atoms with Crippen molar-refractivity contribution in [1.29, 1.82) is 0 Å². The summed E-state index contributed by atoms with van der Waals surface area (Å²) >= 11 is 0. The smallest absolute Gasteiger partial charge is 0.417 e. The highest BCUT2D eigenvalue weighted by Gasteiger charge is 2.34. The lowest BCUT2D eigenvalue weighted by atomic mass is 9.98. The summed E-state index contributed by atoms with van der Waals surface area (Å²) in [7, 11) is 0.